The maximum atomic E-state index is 12.5. The van der Waals surface area contributed by atoms with Crippen LogP contribution in [0, 0.1) is 11.8 Å². The van der Waals surface area contributed by atoms with Crippen molar-refractivity contribution in [3.8, 4) is 0 Å². The van der Waals surface area contributed by atoms with Crippen LogP contribution in [0.15, 0.2) is 24.3 Å². The van der Waals surface area contributed by atoms with Gasteiger partial charge in [0.05, 0.1) is 0 Å². The summed E-state index contributed by atoms with van der Waals surface area (Å²) in [5.74, 6) is 0.785. The highest BCUT2D eigenvalue weighted by atomic mass is 35.5. The van der Waals surface area contributed by atoms with Crippen LogP contribution in [0.5, 0.6) is 0 Å². The highest BCUT2D eigenvalue weighted by Crippen LogP contribution is 2.33. The Labute approximate surface area is 149 Å². The van der Waals surface area contributed by atoms with Crippen LogP contribution >= 0.6 is 11.6 Å². The molecule has 4 nitrogen and oxygen atoms in total. The molecule has 0 unspecified atom stereocenters. The van der Waals surface area contributed by atoms with Crippen molar-refractivity contribution in [3.05, 3.63) is 34.9 Å². The third kappa shape index (κ3) is 5.89. The molecule has 2 rings (SSSR count). The van der Waals surface area contributed by atoms with Crippen molar-refractivity contribution < 1.29 is 14.8 Å². The van der Waals surface area contributed by atoms with Gasteiger partial charge in [-0.05, 0) is 68.6 Å². The first-order chi connectivity index (χ1) is 11.5. The zero-order chi connectivity index (χ0) is 17.5. The molecule has 0 amide bonds. The summed E-state index contributed by atoms with van der Waals surface area (Å²) in [6.07, 6.45) is 6.81. The molecule has 0 spiro atoms. The number of unbranched alkanes of at least 4 members (excludes halogenated alkanes) is 1. The van der Waals surface area contributed by atoms with Crippen LogP contribution in [0.1, 0.15) is 55.3 Å². The van der Waals surface area contributed by atoms with Crippen molar-refractivity contribution in [1.82, 2.24) is 0 Å². The largest absolute Gasteiger partial charge is 0.451 e. The first kappa shape index (κ1) is 19.4. The minimum Gasteiger partial charge on any atom is -0.427 e. The summed E-state index contributed by atoms with van der Waals surface area (Å²) in [6, 6.07) is 7.28. The lowest BCUT2D eigenvalue weighted by molar-refractivity contribution is 0.0864. The molecule has 24 heavy (non-hydrogen) atoms. The molecule has 0 bridgehead atoms. The lowest BCUT2D eigenvalue weighted by Crippen LogP contribution is -2.34. The minimum atomic E-state index is -1.21. The van der Waals surface area contributed by atoms with E-state index in [9.17, 15) is 4.79 Å². The van der Waals surface area contributed by atoms with Crippen LogP contribution in [0.4, 0.5) is 0 Å². The Bertz CT molecular complexity index is 516. The van der Waals surface area contributed by atoms with Crippen LogP contribution < -0.4 is 5.73 Å². The van der Waals surface area contributed by atoms with E-state index in [4.69, 9.17) is 27.4 Å². The number of carbonyl (C=O) groups excluding carboxylic acids is 1. The molecule has 1 saturated carbocycles. The molecule has 132 valence electrons. The number of Topliss-reactive ketones (excluding diaryl/α,β-unsaturated/α-hetero) is 1. The van der Waals surface area contributed by atoms with Gasteiger partial charge in [0.15, 0.2) is 5.78 Å². The van der Waals surface area contributed by atoms with Gasteiger partial charge in [0, 0.05) is 22.5 Å². The van der Waals surface area contributed by atoms with Crippen molar-refractivity contribution in [2.75, 3.05) is 0 Å². The lowest BCUT2D eigenvalue weighted by Gasteiger charge is -2.31. The summed E-state index contributed by atoms with van der Waals surface area (Å²) in [6.45, 7) is 0. The quantitative estimate of drug-likeness (QED) is 0.381. The van der Waals surface area contributed by atoms with Crippen LogP contribution in [0.3, 0.4) is 0 Å². The van der Waals surface area contributed by atoms with Gasteiger partial charge in [0.25, 0.3) is 0 Å². The van der Waals surface area contributed by atoms with Gasteiger partial charge >= 0.3 is 7.12 Å². The molecule has 0 radical (unpaired) electrons. The number of nitrogens with two attached hydrogens (primary N) is 1. The van der Waals surface area contributed by atoms with Crippen LogP contribution in [0.25, 0.3) is 0 Å². The summed E-state index contributed by atoms with van der Waals surface area (Å²) in [5.41, 5.74) is 7.04. The third-order valence-electron chi connectivity index (χ3n) is 5.13. The van der Waals surface area contributed by atoms with Gasteiger partial charge in [-0.1, -0.05) is 24.4 Å². The fourth-order valence-corrected chi connectivity index (χ4v) is 3.73. The predicted octanol–water partition coefficient (Wildman–Crippen LogP) is 3.30. The lowest BCUT2D eigenvalue weighted by atomic mass is 9.75. The summed E-state index contributed by atoms with van der Waals surface area (Å²) in [7, 11) is -1.21. The van der Waals surface area contributed by atoms with Crippen molar-refractivity contribution in [2.24, 2.45) is 17.6 Å². The second-order valence-electron chi connectivity index (χ2n) is 6.91. The normalized spacial score (nSPS) is 22.2. The van der Waals surface area contributed by atoms with E-state index in [1.54, 1.807) is 24.3 Å². The molecule has 6 heteroatoms. The Morgan fingerprint density at radius 2 is 1.79 bits per heavy atom. The molecule has 1 aliphatic rings. The summed E-state index contributed by atoms with van der Waals surface area (Å²) in [4.78, 5) is 12.5. The number of hydrogen-bond donors (Lipinski definition) is 3. The number of ketones is 1. The van der Waals surface area contributed by atoms with Crippen LogP contribution in [0.2, 0.25) is 11.3 Å². The van der Waals surface area contributed by atoms with Crippen molar-refractivity contribution in [2.45, 2.75) is 57.3 Å². The molecule has 4 N–H and O–H groups in total. The molecule has 1 fully saturated rings. The van der Waals surface area contributed by atoms with Gasteiger partial charge in [0.1, 0.15) is 0 Å². The molecule has 0 aromatic heterocycles. The number of carbonyl (C=O) groups is 1. The second-order valence-corrected chi connectivity index (χ2v) is 7.35. The monoisotopic (exact) mass is 351 g/mol. The first-order valence-corrected chi connectivity index (χ1v) is 9.26. The Hall–Kier alpha value is -0.875. The first-order valence-electron chi connectivity index (χ1n) is 8.89. The molecular formula is C18H27BClNO3. The zero-order valence-corrected chi connectivity index (χ0v) is 14.8. The van der Waals surface area contributed by atoms with Gasteiger partial charge in [-0.25, -0.2) is 0 Å². The molecule has 0 heterocycles. The number of rotatable bonds is 8. The minimum absolute atomic E-state index is 0.0964. The maximum Gasteiger partial charge on any atom is 0.451 e. The highest BCUT2D eigenvalue weighted by Gasteiger charge is 2.29. The van der Waals surface area contributed by atoms with Crippen molar-refractivity contribution in [3.63, 3.8) is 0 Å². The predicted molar refractivity (Wildman–Crippen MR) is 98.1 cm³/mol. The number of hydrogen-bond acceptors (Lipinski definition) is 4. The van der Waals surface area contributed by atoms with Crippen molar-refractivity contribution in [1.29, 1.82) is 0 Å². The Kier molecular flexibility index (Phi) is 7.75. The molecule has 1 atom stereocenters. The molecular weight excluding hydrogens is 324 g/mol. The smallest absolute Gasteiger partial charge is 0.427 e. The number of benzene rings is 1. The van der Waals surface area contributed by atoms with E-state index in [0.29, 0.717) is 17.3 Å². The van der Waals surface area contributed by atoms with E-state index in [1.165, 1.54) is 0 Å². The molecule has 1 aromatic rings. The number of halogens is 1. The third-order valence-corrected chi connectivity index (χ3v) is 5.38. The summed E-state index contributed by atoms with van der Waals surface area (Å²) >= 11 is 5.87. The van der Waals surface area contributed by atoms with Crippen LogP contribution in [-0.4, -0.2) is 29.0 Å². The summed E-state index contributed by atoms with van der Waals surface area (Å²) < 4.78 is 0. The average molecular weight is 352 g/mol. The summed E-state index contributed by atoms with van der Waals surface area (Å²) in [5, 5.41) is 18.3. The van der Waals surface area contributed by atoms with Gasteiger partial charge < -0.3 is 15.8 Å². The molecule has 1 aromatic carbocycles. The van der Waals surface area contributed by atoms with E-state index in [2.05, 4.69) is 0 Å². The molecule has 0 saturated heterocycles. The fourth-order valence-electron chi connectivity index (χ4n) is 3.60. The Morgan fingerprint density at radius 1 is 1.17 bits per heavy atom. The maximum absolute atomic E-state index is 12.5. The van der Waals surface area contributed by atoms with Gasteiger partial charge in [-0.2, -0.15) is 0 Å². The zero-order valence-electron chi connectivity index (χ0n) is 14.0. The topological polar surface area (TPSA) is 83.6 Å². The second kappa shape index (κ2) is 9.57. The van der Waals surface area contributed by atoms with Crippen molar-refractivity contribution >= 4 is 24.5 Å². The Morgan fingerprint density at radius 3 is 2.38 bits per heavy atom. The fraction of sp³-hybridized carbons (Fsp3) is 0.611. The van der Waals surface area contributed by atoms with Crippen LogP contribution in [-0.2, 0) is 0 Å². The van der Waals surface area contributed by atoms with Gasteiger partial charge in [-0.3, -0.25) is 4.79 Å². The van der Waals surface area contributed by atoms with E-state index < -0.39 is 7.12 Å². The van der Waals surface area contributed by atoms with E-state index in [0.717, 1.165) is 50.5 Å². The van der Waals surface area contributed by atoms with E-state index >= 15 is 0 Å². The standard InChI is InChI=1S/C18H27BClNO3/c20-16-10-8-15(9-11-16)18(22)14-6-4-13(5-7-14)17(21)3-1-2-12-19(23)24/h8-11,13-14,17,23-24H,1-7,12,21H2/t13?,14?,17-/m1/s1. The molecule has 1 aliphatic carbocycles. The average Bonchev–Trinajstić information content (AvgIpc) is 2.58. The SMILES string of the molecule is N[C@H](CCCCB(O)O)C1CCC(C(=O)c2ccc(Cl)cc2)CC1. The highest BCUT2D eigenvalue weighted by molar-refractivity contribution is 6.40. The van der Waals surface area contributed by atoms with E-state index in [-0.39, 0.29) is 17.7 Å². The van der Waals surface area contributed by atoms with Gasteiger partial charge in [0.2, 0.25) is 0 Å². The van der Waals surface area contributed by atoms with Gasteiger partial charge in [-0.15, -0.1) is 0 Å². The van der Waals surface area contributed by atoms with E-state index in [1.807, 2.05) is 0 Å². The Balaban J connectivity index is 1.74. The molecule has 0 aliphatic heterocycles.